The molecule has 6 nitrogen and oxygen atoms in total. The minimum atomic E-state index is 0.0852. The molecule has 25 heavy (non-hydrogen) atoms. The molecule has 0 radical (unpaired) electrons. The number of Topliss-reactive ketones (excluding diaryl/α,β-unsaturated/α-hetero) is 1. The summed E-state index contributed by atoms with van der Waals surface area (Å²) >= 11 is 5.96. The van der Waals surface area contributed by atoms with Crippen LogP contribution in [0.5, 0.6) is 0 Å². The standard InChI is InChI=1S/C18H17ClN4O2/c19-14-4-1-3-13(11-14)15(24)12-22-7-9-23(10-8-22)18-21-17-16(25-18)5-2-6-20-17/h1-6,11H,7-10,12H2. The van der Waals surface area contributed by atoms with E-state index in [1.807, 2.05) is 12.1 Å². The molecule has 1 aromatic carbocycles. The average molecular weight is 357 g/mol. The largest absolute Gasteiger partial charge is 0.422 e. The van der Waals surface area contributed by atoms with Crippen LogP contribution >= 0.6 is 11.6 Å². The van der Waals surface area contributed by atoms with Gasteiger partial charge in [0.2, 0.25) is 5.65 Å². The Morgan fingerprint density at radius 1 is 1.16 bits per heavy atom. The number of fused-ring (bicyclic) bond motifs is 1. The van der Waals surface area contributed by atoms with Gasteiger partial charge < -0.3 is 9.32 Å². The van der Waals surface area contributed by atoms with E-state index in [1.54, 1.807) is 30.5 Å². The Bertz CT molecular complexity index is 870. The third-order valence-electron chi connectivity index (χ3n) is 4.31. The number of hydrogen-bond acceptors (Lipinski definition) is 6. The van der Waals surface area contributed by atoms with Crippen molar-refractivity contribution in [3.8, 4) is 0 Å². The fourth-order valence-corrected chi connectivity index (χ4v) is 3.14. The summed E-state index contributed by atoms with van der Waals surface area (Å²) < 4.78 is 5.76. The van der Waals surface area contributed by atoms with E-state index in [4.69, 9.17) is 16.0 Å². The molecule has 0 bridgehead atoms. The molecule has 1 aliphatic rings. The number of piperazine rings is 1. The lowest BCUT2D eigenvalue weighted by Crippen LogP contribution is -2.48. The molecule has 0 aliphatic carbocycles. The number of halogens is 1. The van der Waals surface area contributed by atoms with Gasteiger partial charge in [0.05, 0.1) is 6.54 Å². The molecular weight excluding hydrogens is 340 g/mol. The third kappa shape index (κ3) is 3.50. The van der Waals surface area contributed by atoms with Gasteiger partial charge in [-0.1, -0.05) is 23.7 Å². The highest BCUT2D eigenvalue weighted by Gasteiger charge is 2.23. The Labute approximate surface area is 150 Å². The van der Waals surface area contributed by atoms with Gasteiger partial charge in [0.15, 0.2) is 11.4 Å². The van der Waals surface area contributed by atoms with E-state index in [-0.39, 0.29) is 5.78 Å². The topological polar surface area (TPSA) is 62.5 Å². The molecule has 3 aromatic rings. The van der Waals surface area contributed by atoms with Crippen molar-refractivity contribution in [3.63, 3.8) is 0 Å². The molecule has 0 atom stereocenters. The van der Waals surface area contributed by atoms with Crippen LogP contribution in [0.2, 0.25) is 5.02 Å². The quantitative estimate of drug-likeness (QED) is 0.670. The summed E-state index contributed by atoms with van der Waals surface area (Å²) in [6, 6.07) is 11.4. The van der Waals surface area contributed by atoms with Crippen molar-refractivity contribution in [1.82, 2.24) is 14.9 Å². The Hall–Kier alpha value is -2.44. The van der Waals surface area contributed by atoms with E-state index in [0.29, 0.717) is 34.4 Å². The van der Waals surface area contributed by atoms with Crippen LogP contribution in [0, 0.1) is 0 Å². The lowest BCUT2D eigenvalue weighted by molar-refractivity contribution is 0.0926. The highest BCUT2D eigenvalue weighted by molar-refractivity contribution is 6.31. The number of carbonyl (C=O) groups is 1. The number of carbonyl (C=O) groups excluding carboxylic acids is 1. The summed E-state index contributed by atoms with van der Waals surface area (Å²) in [5, 5.41) is 0.584. The van der Waals surface area contributed by atoms with Gasteiger partial charge in [-0.05, 0) is 24.3 Å². The number of ketones is 1. The fourth-order valence-electron chi connectivity index (χ4n) is 2.95. The lowest BCUT2D eigenvalue weighted by Gasteiger charge is -2.33. The maximum absolute atomic E-state index is 12.4. The molecule has 0 spiro atoms. The number of benzene rings is 1. The van der Waals surface area contributed by atoms with Gasteiger partial charge in [-0.15, -0.1) is 0 Å². The summed E-state index contributed by atoms with van der Waals surface area (Å²) in [5.41, 5.74) is 1.96. The summed E-state index contributed by atoms with van der Waals surface area (Å²) in [7, 11) is 0. The predicted molar refractivity (Wildman–Crippen MR) is 96.2 cm³/mol. The SMILES string of the molecule is O=C(CN1CCN(c2nc3ncccc3o2)CC1)c1cccc(Cl)c1. The maximum Gasteiger partial charge on any atom is 0.300 e. The molecule has 1 aliphatic heterocycles. The number of rotatable bonds is 4. The van der Waals surface area contributed by atoms with E-state index in [9.17, 15) is 4.79 Å². The van der Waals surface area contributed by atoms with E-state index in [0.717, 1.165) is 26.2 Å². The van der Waals surface area contributed by atoms with Crippen LogP contribution in [0.1, 0.15) is 10.4 Å². The number of nitrogens with zero attached hydrogens (tertiary/aromatic N) is 4. The van der Waals surface area contributed by atoms with Crippen molar-refractivity contribution in [2.24, 2.45) is 0 Å². The second-order valence-corrected chi connectivity index (χ2v) is 6.45. The van der Waals surface area contributed by atoms with Crippen LogP contribution in [-0.4, -0.2) is 53.4 Å². The highest BCUT2D eigenvalue weighted by Crippen LogP contribution is 2.21. The molecule has 1 fully saturated rings. The van der Waals surface area contributed by atoms with Crippen LogP contribution in [0.4, 0.5) is 6.01 Å². The van der Waals surface area contributed by atoms with Gasteiger partial charge in [-0.2, -0.15) is 4.98 Å². The Morgan fingerprint density at radius 3 is 2.76 bits per heavy atom. The van der Waals surface area contributed by atoms with Crippen molar-refractivity contribution in [2.75, 3.05) is 37.6 Å². The molecule has 4 rings (SSSR count). The van der Waals surface area contributed by atoms with Crippen molar-refractivity contribution in [1.29, 1.82) is 0 Å². The highest BCUT2D eigenvalue weighted by atomic mass is 35.5. The van der Waals surface area contributed by atoms with Crippen molar-refractivity contribution in [3.05, 3.63) is 53.2 Å². The van der Waals surface area contributed by atoms with Crippen molar-refractivity contribution in [2.45, 2.75) is 0 Å². The van der Waals surface area contributed by atoms with Crippen LogP contribution in [-0.2, 0) is 0 Å². The monoisotopic (exact) mass is 356 g/mol. The molecule has 0 saturated carbocycles. The van der Waals surface area contributed by atoms with Crippen LogP contribution in [0.3, 0.4) is 0 Å². The van der Waals surface area contributed by atoms with E-state index in [1.165, 1.54) is 0 Å². The summed E-state index contributed by atoms with van der Waals surface area (Å²) in [4.78, 5) is 25.2. The van der Waals surface area contributed by atoms with Crippen LogP contribution < -0.4 is 4.90 Å². The van der Waals surface area contributed by atoms with Gasteiger partial charge in [-0.3, -0.25) is 9.69 Å². The molecule has 2 aromatic heterocycles. The molecule has 0 N–H and O–H groups in total. The summed E-state index contributed by atoms with van der Waals surface area (Å²) in [6.45, 7) is 3.46. The van der Waals surface area contributed by atoms with Gasteiger partial charge in [0, 0.05) is 43.0 Å². The minimum absolute atomic E-state index is 0.0852. The number of anilines is 1. The molecule has 3 heterocycles. The van der Waals surface area contributed by atoms with Crippen LogP contribution in [0.15, 0.2) is 47.0 Å². The van der Waals surface area contributed by atoms with E-state index in [2.05, 4.69) is 19.8 Å². The fraction of sp³-hybridized carbons (Fsp3) is 0.278. The third-order valence-corrected chi connectivity index (χ3v) is 4.55. The average Bonchev–Trinajstić information content (AvgIpc) is 3.06. The first-order chi connectivity index (χ1) is 12.2. The Kier molecular flexibility index (Phi) is 4.38. The minimum Gasteiger partial charge on any atom is -0.422 e. The van der Waals surface area contributed by atoms with Gasteiger partial charge in [-0.25, -0.2) is 4.98 Å². The maximum atomic E-state index is 12.4. The lowest BCUT2D eigenvalue weighted by atomic mass is 10.1. The smallest absolute Gasteiger partial charge is 0.300 e. The van der Waals surface area contributed by atoms with Gasteiger partial charge in [0.1, 0.15) is 0 Å². The number of pyridine rings is 1. The molecule has 1 saturated heterocycles. The first-order valence-corrected chi connectivity index (χ1v) is 8.54. The van der Waals surface area contributed by atoms with Crippen LogP contribution in [0.25, 0.3) is 11.2 Å². The zero-order valence-electron chi connectivity index (χ0n) is 13.6. The Morgan fingerprint density at radius 2 is 2.00 bits per heavy atom. The van der Waals surface area contributed by atoms with E-state index < -0.39 is 0 Å². The molecule has 0 unspecified atom stereocenters. The Balaban J connectivity index is 1.37. The number of hydrogen-bond donors (Lipinski definition) is 0. The zero-order valence-corrected chi connectivity index (χ0v) is 14.3. The second kappa shape index (κ2) is 6.82. The molecular formula is C18H17ClN4O2. The molecule has 7 heteroatoms. The summed E-state index contributed by atoms with van der Waals surface area (Å²) in [5.74, 6) is 0.0852. The first kappa shape index (κ1) is 16.1. The summed E-state index contributed by atoms with van der Waals surface area (Å²) in [6.07, 6.45) is 1.70. The van der Waals surface area contributed by atoms with Gasteiger partial charge in [0.25, 0.3) is 6.01 Å². The second-order valence-electron chi connectivity index (χ2n) is 6.02. The molecule has 128 valence electrons. The normalized spacial score (nSPS) is 15.6. The molecule has 0 amide bonds. The number of oxazole rings is 1. The van der Waals surface area contributed by atoms with Crippen molar-refractivity contribution < 1.29 is 9.21 Å². The van der Waals surface area contributed by atoms with E-state index >= 15 is 0 Å². The number of aromatic nitrogens is 2. The first-order valence-electron chi connectivity index (χ1n) is 8.17. The van der Waals surface area contributed by atoms with Crippen molar-refractivity contribution >= 4 is 34.6 Å². The predicted octanol–water partition coefficient (Wildman–Crippen LogP) is 2.88. The van der Waals surface area contributed by atoms with Gasteiger partial charge >= 0.3 is 0 Å². The zero-order chi connectivity index (χ0) is 17.2.